The molecule has 10 heteroatoms. The van der Waals surface area contributed by atoms with E-state index in [0.717, 1.165) is 16.9 Å². The first-order chi connectivity index (χ1) is 13.9. The summed E-state index contributed by atoms with van der Waals surface area (Å²) in [5.74, 6) is -0.635. The zero-order chi connectivity index (χ0) is 21.0. The molecular formula is C19H19N5O4S. The Morgan fingerprint density at radius 1 is 1.28 bits per heavy atom. The Labute approximate surface area is 170 Å². The molecule has 1 aromatic heterocycles. The van der Waals surface area contributed by atoms with Gasteiger partial charge in [0.05, 0.1) is 23.7 Å². The van der Waals surface area contributed by atoms with Crippen molar-refractivity contribution in [1.29, 1.82) is 5.26 Å². The Morgan fingerprint density at radius 2 is 2.07 bits per heavy atom. The minimum atomic E-state index is -0.809. The molecule has 0 radical (unpaired) electrons. The van der Waals surface area contributed by atoms with Crippen LogP contribution in [0.2, 0.25) is 0 Å². The number of esters is 1. The molecule has 1 aromatic carbocycles. The number of ether oxygens (including phenoxy) is 1. The Balaban J connectivity index is 1.85. The molecule has 4 amide bonds. The van der Waals surface area contributed by atoms with Crippen LogP contribution in [0.1, 0.15) is 28.8 Å². The maximum Gasteiger partial charge on any atom is 0.341 e. The van der Waals surface area contributed by atoms with Gasteiger partial charge in [-0.1, -0.05) is 12.1 Å². The largest absolute Gasteiger partial charge is 0.457 e. The van der Waals surface area contributed by atoms with E-state index in [4.69, 9.17) is 21.5 Å². The number of likely N-dealkylation sites (tertiary alicyclic amines) is 1. The third kappa shape index (κ3) is 4.83. The van der Waals surface area contributed by atoms with Gasteiger partial charge in [-0.05, 0) is 36.6 Å². The van der Waals surface area contributed by atoms with Gasteiger partial charge in [-0.2, -0.15) is 5.26 Å². The molecule has 9 nitrogen and oxygen atoms in total. The molecule has 1 saturated heterocycles. The summed E-state index contributed by atoms with van der Waals surface area (Å²) in [7, 11) is 0. The van der Waals surface area contributed by atoms with Gasteiger partial charge in [-0.15, -0.1) is 11.3 Å². The van der Waals surface area contributed by atoms with Crippen molar-refractivity contribution in [2.75, 3.05) is 18.4 Å². The zero-order valence-electron chi connectivity index (χ0n) is 15.4. The second-order valence-corrected chi connectivity index (χ2v) is 7.54. The number of nitrogens with two attached hydrogens (primary N) is 2. The number of benzene rings is 1. The molecule has 2 aromatic rings. The molecule has 150 valence electrons. The van der Waals surface area contributed by atoms with Crippen LogP contribution in [0.3, 0.4) is 0 Å². The number of primary amides is 2. The van der Waals surface area contributed by atoms with Gasteiger partial charge in [0.15, 0.2) is 0 Å². The van der Waals surface area contributed by atoms with Crippen molar-refractivity contribution in [3.8, 4) is 16.5 Å². The second kappa shape index (κ2) is 8.62. The molecule has 1 fully saturated rings. The second-order valence-electron chi connectivity index (χ2n) is 6.49. The quantitative estimate of drug-likeness (QED) is 0.658. The number of urea groups is 2. The molecule has 0 spiro atoms. The fraction of sp³-hybridized carbons (Fsp3) is 0.263. The predicted octanol–water partition coefficient (Wildman–Crippen LogP) is 2.48. The molecule has 0 aliphatic carbocycles. The van der Waals surface area contributed by atoms with Crippen LogP contribution in [-0.4, -0.2) is 42.1 Å². The fourth-order valence-corrected chi connectivity index (χ4v) is 4.13. The van der Waals surface area contributed by atoms with Crippen LogP contribution in [0.4, 0.5) is 14.6 Å². The summed E-state index contributed by atoms with van der Waals surface area (Å²) in [5.41, 5.74) is 11.9. The SMILES string of the molecule is N#Cc1cccc(-c2cc(C(=O)OC3CCCN(C(N)=O)C3)c(NC(N)=O)s2)c1. The van der Waals surface area contributed by atoms with E-state index in [1.807, 2.05) is 0 Å². The van der Waals surface area contributed by atoms with Gasteiger partial charge in [-0.3, -0.25) is 5.32 Å². The van der Waals surface area contributed by atoms with Gasteiger partial charge in [0.2, 0.25) is 0 Å². The molecule has 5 N–H and O–H groups in total. The van der Waals surface area contributed by atoms with E-state index >= 15 is 0 Å². The lowest BCUT2D eigenvalue weighted by molar-refractivity contribution is 0.0129. The highest BCUT2D eigenvalue weighted by Gasteiger charge is 2.27. The number of anilines is 1. The molecule has 1 atom stereocenters. The number of amides is 4. The van der Waals surface area contributed by atoms with Crippen LogP contribution in [0.25, 0.3) is 10.4 Å². The van der Waals surface area contributed by atoms with Crippen molar-refractivity contribution >= 4 is 34.4 Å². The topological polar surface area (TPSA) is 152 Å². The number of hydrogen-bond acceptors (Lipinski definition) is 6. The number of piperidine rings is 1. The molecule has 1 aliphatic rings. The summed E-state index contributed by atoms with van der Waals surface area (Å²) in [5, 5.41) is 11.8. The predicted molar refractivity (Wildman–Crippen MR) is 107 cm³/mol. The van der Waals surface area contributed by atoms with E-state index in [0.29, 0.717) is 29.8 Å². The highest BCUT2D eigenvalue weighted by molar-refractivity contribution is 7.20. The minimum Gasteiger partial charge on any atom is -0.457 e. The zero-order valence-corrected chi connectivity index (χ0v) is 16.2. The average Bonchev–Trinajstić information content (AvgIpc) is 3.11. The highest BCUT2D eigenvalue weighted by Crippen LogP contribution is 2.36. The van der Waals surface area contributed by atoms with Gasteiger partial charge in [0.1, 0.15) is 11.1 Å². The number of carbonyl (C=O) groups is 3. The molecule has 2 heterocycles. The van der Waals surface area contributed by atoms with Crippen molar-refractivity contribution in [2.45, 2.75) is 18.9 Å². The Bertz CT molecular complexity index is 997. The molecule has 1 aliphatic heterocycles. The lowest BCUT2D eigenvalue weighted by Gasteiger charge is -2.31. The van der Waals surface area contributed by atoms with Crippen molar-refractivity contribution < 1.29 is 19.1 Å². The molecule has 0 bridgehead atoms. The monoisotopic (exact) mass is 413 g/mol. The lowest BCUT2D eigenvalue weighted by Crippen LogP contribution is -2.46. The third-order valence-corrected chi connectivity index (χ3v) is 5.53. The van der Waals surface area contributed by atoms with Crippen molar-refractivity contribution in [3.63, 3.8) is 0 Å². The normalized spacial score (nSPS) is 16.0. The number of thiophene rings is 1. The van der Waals surface area contributed by atoms with Gasteiger partial charge in [-0.25, -0.2) is 14.4 Å². The first kappa shape index (κ1) is 20.2. The van der Waals surface area contributed by atoms with Gasteiger partial charge in [0.25, 0.3) is 0 Å². The molecule has 3 rings (SSSR count). The summed E-state index contributed by atoms with van der Waals surface area (Å²) >= 11 is 1.15. The van der Waals surface area contributed by atoms with E-state index < -0.39 is 24.1 Å². The first-order valence-electron chi connectivity index (χ1n) is 8.83. The van der Waals surface area contributed by atoms with E-state index in [1.54, 1.807) is 30.3 Å². The average molecular weight is 413 g/mol. The lowest BCUT2D eigenvalue weighted by atomic mass is 10.1. The summed E-state index contributed by atoms with van der Waals surface area (Å²) < 4.78 is 5.55. The van der Waals surface area contributed by atoms with Crippen LogP contribution in [0.5, 0.6) is 0 Å². The Kier molecular flexibility index (Phi) is 5.99. The molecule has 1 unspecified atom stereocenters. The van der Waals surface area contributed by atoms with E-state index in [1.165, 1.54) is 4.90 Å². The molecule has 29 heavy (non-hydrogen) atoms. The van der Waals surface area contributed by atoms with Gasteiger partial charge < -0.3 is 21.1 Å². The van der Waals surface area contributed by atoms with Crippen molar-refractivity contribution in [3.05, 3.63) is 41.5 Å². The van der Waals surface area contributed by atoms with Crippen LogP contribution in [-0.2, 0) is 4.74 Å². The number of nitrogens with zero attached hydrogens (tertiary/aromatic N) is 2. The number of nitrogens with one attached hydrogen (secondary N) is 1. The number of rotatable bonds is 4. The van der Waals surface area contributed by atoms with Gasteiger partial charge >= 0.3 is 18.0 Å². The third-order valence-electron chi connectivity index (χ3n) is 4.43. The van der Waals surface area contributed by atoms with Gasteiger partial charge in [0, 0.05) is 11.4 Å². The Hall–Kier alpha value is -3.58. The summed E-state index contributed by atoms with van der Waals surface area (Å²) in [6, 6.07) is 9.15. The van der Waals surface area contributed by atoms with Crippen molar-refractivity contribution in [1.82, 2.24) is 4.90 Å². The maximum absolute atomic E-state index is 12.8. The molecular weight excluding hydrogens is 394 g/mol. The highest BCUT2D eigenvalue weighted by atomic mass is 32.1. The minimum absolute atomic E-state index is 0.155. The standard InChI is InChI=1S/C19H19N5O4S/c20-9-11-3-1-4-12(7-11)15-8-14(16(29-15)23-18(21)26)17(25)28-13-5-2-6-24(10-13)19(22)27/h1,3-4,7-8,13H,2,5-6,10H2,(H2,22,27)(H3,21,23,26). The smallest absolute Gasteiger partial charge is 0.341 e. The molecule has 0 saturated carbocycles. The van der Waals surface area contributed by atoms with E-state index in [9.17, 15) is 14.4 Å². The summed E-state index contributed by atoms with van der Waals surface area (Å²) in [4.78, 5) is 37.6. The summed E-state index contributed by atoms with van der Waals surface area (Å²) in [6.45, 7) is 0.747. The van der Waals surface area contributed by atoms with Crippen LogP contribution in [0, 0.1) is 11.3 Å². The van der Waals surface area contributed by atoms with E-state index in [-0.39, 0.29) is 17.1 Å². The number of hydrogen-bond donors (Lipinski definition) is 3. The number of nitriles is 1. The maximum atomic E-state index is 12.8. The van der Waals surface area contributed by atoms with Crippen molar-refractivity contribution in [2.24, 2.45) is 11.5 Å². The van der Waals surface area contributed by atoms with Crippen LogP contribution in [0.15, 0.2) is 30.3 Å². The van der Waals surface area contributed by atoms with Crippen LogP contribution < -0.4 is 16.8 Å². The van der Waals surface area contributed by atoms with E-state index in [2.05, 4.69) is 11.4 Å². The summed E-state index contributed by atoms with van der Waals surface area (Å²) in [6.07, 6.45) is 0.786. The van der Waals surface area contributed by atoms with Crippen LogP contribution >= 0.6 is 11.3 Å². The fourth-order valence-electron chi connectivity index (χ4n) is 3.08. The number of carbonyl (C=O) groups excluding carboxylic acids is 3. The Morgan fingerprint density at radius 3 is 2.76 bits per heavy atom. The first-order valence-corrected chi connectivity index (χ1v) is 9.65.